The Bertz CT molecular complexity index is 1430. The lowest BCUT2D eigenvalue weighted by Gasteiger charge is -2.45. The minimum Gasteiger partial charge on any atom is -0.360 e. The van der Waals surface area contributed by atoms with Crippen LogP contribution in [-0.2, 0) is 19.0 Å². The second kappa shape index (κ2) is 9.37. The fourth-order valence-electron chi connectivity index (χ4n) is 6.10. The summed E-state index contributed by atoms with van der Waals surface area (Å²) in [6, 6.07) is 6.27. The van der Waals surface area contributed by atoms with Gasteiger partial charge in [-0.05, 0) is 73.8 Å². The van der Waals surface area contributed by atoms with Crippen LogP contribution in [0.5, 0.6) is 0 Å². The monoisotopic (exact) mass is 498 g/mol. The highest BCUT2D eigenvalue weighted by Crippen LogP contribution is 2.51. The van der Waals surface area contributed by atoms with E-state index >= 15 is 0 Å². The summed E-state index contributed by atoms with van der Waals surface area (Å²) in [5, 5.41) is 15.2. The van der Waals surface area contributed by atoms with Gasteiger partial charge in [0.1, 0.15) is 17.8 Å². The van der Waals surface area contributed by atoms with E-state index in [1.54, 1.807) is 12.5 Å². The molecule has 2 aliphatic carbocycles. The first kappa shape index (κ1) is 23.8. The number of pyridine rings is 2. The lowest BCUT2D eigenvalue weighted by atomic mass is 9.59. The number of amides is 1. The van der Waals surface area contributed by atoms with Crippen molar-refractivity contribution < 1.29 is 4.79 Å². The molecule has 9 heteroatoms. The van der Waals surface area contributed by atoms with E-state index in [1.807, 2.05) is 42.2 Å². The standard InChI is InChI=1S/C28H34N8O/c1-17-11-28(12-17,27-35-32-16-36(27)3)21-10-22(15-29-14-21)33-26(37)24-9-20(25-23(34-24)7-8-30-25)13-31-18(2)19-5-4-6-19/h7-10,14-19,30-31H,4-6,11-13H2,1-3H3,(H,33,37)/t17?,18-,28?/m0/s1. The average Bonchev–Trinajstić information content (AvgIpc) is 3.48. The van der Waals surface area contributed by atoms with Crippen LogP contribution in [0.1, 0.15) is 73.4 Å². The molecule has 4 heterocycles. The molecule has 2 saturated carbocycles. The minimum atomic E-state index is -0.245. The number of rotatable bonds is 8. The van der Waals surface area contributed by atoms with E-state index in [-0.39, 0.29) is 11.3 Å². The van der Waals surface area contributed by atoms with Crippen LogP contribution in [0.2, 0.25) is 0 Å². The Kier molecular flexibility index (Phi) is 6.03. The van der Waals surface area contributed by atoms with E-state index in [4.69, 9.17) is 0 Å². The normalized spacial score (nSPS) is 22.4. The maximum Gasteiger partial charge on any atom is 0.274 e. The Morgan fingerprint density at radius 1 is 1.27 bits per heavy atom. The summed E-state index contributed by atoms with van der Waals surface area (Å²) >= 11 is 0. The summed E-state index contributed by atoms with van der Waals surface area (Å²) in [6.45, 7) is 5.18. The van der Waals surface area contributed by atoms with E-state index in [9.17, 15) is 4.79 Å². The van der Waals surface area contributed by atoms with Crippen molar-refractivity contribution in [1.82, 2.24) is 35.0 Å². The van der Waals surface area contributed by atoms with E-state index in [0.717, 1.165) is 46.7 Å². The SMILES string of the molecule is CC1CC(c2cncc(NC(=O)c3cc(CN[C@@H](C)C4CCC4)c4[nH]ccc4n3)c2)(c2nncn2C)C1. The molecule has 0 bridgehead atoms. The average molecular weight is 499 g/mol. The maximum atomic E-state index is 13.4. The third kappa shape index (κ3) is 4.31. The number of H-pyrrole nitrogens is 1. The molecule has 3 N–H and O–H groups in total. The van der Waals surface area contributed by atoms with Crippen molar-refractivity contribution in [3.63, 3.8) is 0 Å². The number of aryl methyl sites for hydroxylation is 1. The highest BCUT2D eigenvalue weighted by molar-refractivity contribution is 6.04. The van der Waals surface area contributed by atoms with E-state index < -0.39 is 0 Å². The van der Waals surface area contributed by atoms with Crippen molar-refractivity contribution in [3.05, 3.63) is 65.8 Å². The Morgan fingerprint density at radius 3 is 2.81 bits per heavy atom. The second-order valence-electron chi connectivity index (χ2n) is 11.0. The molecular formula is C28H34N8O. The Morgan fingerprint density at radius 2 is 2.11 bits per heavy atom. The summed E-state index contributed by atoms with van der Waals surface area (Å²) in [5.74, 6) is 2.02. The zero-order valence-corrected chi connectivity index (χ0v) is 21.7. The van der Waals surface area contributed by atoms with Gasteiger partial charge in [0, 0.05) is 32.0 Å². The smallest absolute Gasteiger partial charge is 0.274 e. The lowest BCUT2D eigenvalue weighted by Crippen LogP contribution is -2.43. The first-order valence-electron chi connectivity index (χ1n) is 13.2. The van der Waals surface area contributed by atoms with Crippen molar-refractivity contribution in [2.45, 2.75) is 64.0 Å². The number of aromatic amines is 1. The molecule has 1 atom stereocenters. The number of aromatic nitrogens is 6. The second-order valence-corrected chi connectivity index (χ2v) is 11.0. The Labute approximate surface area is 216 Å². The van der Waals surface area contributed by atoms with Gasteiger partial charge in [-0.3, -0.25) is 9.78 Å². The van der Waals surface area contributed by atoms with Crippen LogP contribution in [0.4, 0.5) is 5.69 Å². The fourth-order valence-corrected chi connectivity index (χ4v) is 6.10. The number of carbonyl (C=O) groups is 1. The summed E-state index contributed by atoms with van der Waals surface area (Å²) < 4.78 is 1.98. The molecule has 0 aromatic carbocycles. The summed E-state index contributed by atoms with van der Waals surface area (Å²) in [6.07, 6.45) is 13.0. The lowest BCUT2D eigenvalue weighted by molar-refractivity contribution is 0.102. The van der Waals surface area contributed by atoms with Gasteiger partial charge < -0.3 is 20.2 Å². The first-order valence-corrected chi connectivity index (χ1v) is 13.2. The van der Waals surface area contributed by atoms with Crippen LogP contribution in [0, 0.1) is 11.8 Å². The molecule has 2 fully saturated rings. The number of anilines is 1. The molecular weight excluding hydrogens is 464 g/mol. The number of nitrogens with zero attached hydrogens (tertiary/aromatic N) is 5. The molecule has 0 unspecified atom stereocenters. The third-order valence-corrected chi connectivity index (χ3v) is 8.38. The molecule has 9 nitrogen and oxygen atoms in total. The van der Waals surface area contributed by atoms with Gasteiger partial charge in [0.2, 0.25) is 0 Å². The highest BCUT2D eigenvalue weighted by atomic mass is 16.1. The van der Waals surface area contributed by atoms with Crippen LogP contribution in [0.25, 0.3) is 11.0 Å². The minimum absolute atomic E-state index is 0.239. The summed E-state index contributed by atoms with van der Waals surface area (Å²) in [4.78, 5) is 25.7. The number of carbonyl (C=O) groups excluding carboxylic acids is 1. The van der Waals surface area contributed by atoms with Crippen LogP contribution >= 0.6 is 0 Å². The molecule has 0 radical (unpaired) electrons. The van der Waals surface area contributed by atoms with Gasteiger partial charge in [-0.2, -0.15) is 0 Å². The zero-order valence-electron chi connectivity index (χ0n) is 21.7. The molecule has 4 aromatic rings. The van der Waals surface area contributed by atoms with E-state index in [0.29, 0.717) is 29.9 Å². The fraction of sp³-hybridized carbons (Fsp3) is 0.464. The van der Waals surface area contributed by atoms with E-state index in [2.05, 4.69) is 49.6 Å². The molecule has 37 heavy (non-hydrogen) atoms. The highest BCUT2D eigenvalue weighted by Gasteiger charge is 2.48. The van der Waals surface area contributed by atoms with Gasteiger partial charge >= 0.3 is 0 Å². The van der Waals surface area contributed by atoms with Crippen LogP contribution in [0.3, 0.4) is 0 Å². The number of fused-ring (bicyclic) bond motifs is 1. The summed E-state index contributed by atoms with van der Waals surface area (Å²) in [5.41, 5.74) is 4.65. The topological polar surface area (TPSA) is 113 Å². The Balaban J connectivity index is 1.24. The van der Waals surface area contributed by atoms with Crippen LogP contribution in [-0.4, -0.2) is 41.7 Å². The van der Waals surface area contributed by atoms with Crippen LogP contribution < -0.4 is 10.6 Å². The molecule has 2 aliphatic rings. The van der Waals surface area contributed by atoms with Gasteiger partial charge in [-0.15, -0.1) is 10.2 Å². The van der Waals surface area contributed by atoms with E-state index in [1.165, 1.54) is 19.3 Å². The quantitative estimate of drug-likeness (QED) is 0.333. The first-order chi connectivity index (χ1) is 17.9. The molecule has 0 saturated heterocycles. The van der Waals surface area contributed by atoms with Gasteiger partial charge in [0.15, 0.2) is 0 Å². The van der Waals surface area contributed by atoms with Crippen molar-refractivity contribution in [2.24, 2.45) is 18.9 Å². The van der Waals surface area contributed by atoms with Crippen molar-refractivity contribution in [2.75, 3.05) is 5.32 Å². The molecule has 1 amide bonds. The van der Waals surface area contributed by atoms with Gasteiger partial charge in [0.25, 0.3) is 5.91 Å². The van der Waals surface area contributed by atoms with Gasteiger partial charge in [-0.1, -0.05) is 13.3 Å². The van der Waals surface area contributed by atoms with Crippen molar-refractivity contribution >= 4 is 22.6 Å². The van der Waals surface area contributed by atoms with Crippen molar-refractivity contribution in [1.29, 1.82) is 0 Å². The predicted molar refractivity (Wildman–Crippen MR) is 142 cm³/mol. The van der Waals surface area contributed by atoms with Gasteiger partial charge in [-0.25, -0.2) is 4.98 Å². The largest absolute Gasteiger partial charge is 0.360 e. The molecule has 0 spiro atoms. The maximum absolute atomic E-state index is 13.4. The zero-order chi connectivity index (χ0) is 25.6. The third-order valence-electron chi connectivity index (χ3n) is 8.38. The van der Waals surface area contributed by atoms with Crippen LogP contribution in [0.15, 0.2) is 43.1 Å². The number of hydrogen-bond acceptors (Lipinski definition) is 6. The molecule has 4 aromatic heterocycles. The molecule has 192 valence electrons. The molecule has 6 rings (SSSR count). The van der Waals surface area contributed by atoms with Gasteiger partial charge in [0.05, 0.1) is 28.3 Å². The number of nitrogens with one attached hydrogen (secondary N) is 3. The summed E-state index contributed by atoms with van der Waals surface area (Å²) in [7, 11) is 1.97. The Hall–Kier alpha value is -3.59. The van der Waals surface area contributed by atoms with Crippen molar-refractivity contribution in [3.8, 4) is 0 Å². The molecule has 0 aliphatic heterocycles. The predicted octanol–water partition coefficient (Wildman–Crippen LogP) is 4.33. The number of hydrogen-bond donors (Lipinski definition) is 3.